The second kappa shape index (κ2) is 7.74. The molecule has 6 nitrogen and oxygen atoms in total. The molecule has 0 unspecified atom stereocenters. The number of benzene rings is 1. The first-order valence-electron chi connectivity index (χ1n) is 8.55. The molecular formula is C19H21ClN4O2. The third-order valence-corrected chi connectivity index (χ3v) is 4.57. The van der Waals surface area contributed by atoms with Gasteiger partial charge in [0.05, 0.1) is 23.5 Å². The Labute approximate surface area is 157 Å². The molecule has 2 heterocycles. The number of halogens is 1. The molecule has 26 heavy (non-hydrogen) atoms. The third kappa shape index (κ3) is 3.12. The van der Waals surface area contributed by atoms with Crippen molar-refractivity contribution in [2.75, 3.05) is 7.11 Å². The van der Waals surface area contributed by atoms with Gasteiger partial charge in [-0.15, -0.1) is 0 Å². The molecule has 0 bridgehead atoms. The number of aryl methyl sites for hydroxylation is 1. The molecule has 0 spiro atoms. The van der Waals surface area contributed by atoms with Crippen LogP contribution >= 0.6 is 11.6 Å². The quantitative estimate of drug-likeness (QED) is 0.390. The Hall–Kier alpha value is -2.60. The second-order valence-electron chi connectivity index (χ2n) is 5.87. The van der Waals surface area contributed by atoms with E-state index in [1.54, 1.807) is 19.4 Å². The van der Waals surface area contributed by atoms with E-state index in [9.17, 15) is 5.21 Å². The van der Waals surface area contributed by atoms with Crippen molar-refractivity contribution in [2.45, 2.75) is 33.1 Å². The predicted molar refractivity (Wildman–Crippen MR) is 103 cm³/mol. The van der Waals surface area contributed by atoms with E-state index in [4.69, 9.17) is 21.3 Å². The fourth-order valence-corrected chi connectivity index (χ4v) is 3.29. The van der Waals surface area contributed by atoms with Gasteiger partial charge in [0.15, 0.2) is 5.65 Å². The number of ether oxygens (including phenoxy) is 1. The standard InChI is InChI=1S/C19H21ClN4O2/c1-4-6-16(23-25)18-15(5-2)22-19-17(21-9-10-24(18)19)13-8-7-12(26-3)11-14(13)20/h7-11,25H,4-6H2,1-3H3. The molecule has 136 valence electrons. The normalized spacial score (nSPS) is 11.9. The van der Waals surface area contributed by atoms with Gasteiger partial charge in [-0.2, -0.15) is 0 Å². The van der Waals surface area contributed by atoms with E-state index < -0.39 is 0 Å². The van der Waals surface area contributed by atoms with E-state index in [0.29, 0.717) is 34.2 Å². The van der Waals surface area contributed by atoms with Crippen molar-refractivity contribution in [2.24, 2.45) is 5.16 Å². The largest absolute Gasteiger partial charge is 0.497 e. The van der Waals surface area contributed by atoms with Crippen LogP contribution in [-0.2, 0) is 6.42 Å². The minimum Gasteiger partial charge on any atom is -0.497 e. The topological polar surface area (TPSA) is 72.0 Å². The molecule has 0 aliphatic rings. The number of hydrogen-bond donors (Lipinski definition) is 1. The van der Waals surface area contributed by atoms with Gasteiger partial charge in [-0.3, -0.25) is 9.38 Å². The Morgan fingerprint density at radius 3 is 2.77 bits per heavy atom. The molecular weight excluding hydrogens is 352 g/mol. The molecule has 0 atom stereocenters. The highest BCUT2D eigenvalue weighted by atomic mass is 35.5. The molecule has 7 heteroatoms. The molecule has 0 saturated carbocycles. The minimum atomic E-state index is 0.539. The number of aromatic nitrogens is 3. The molecule has 0 amide bonds. The van der Waals surface area contributed by atoms with E-state index in [0.717, 1.165) is 29.8 Å². The molecule has 1 N–H and O–H groups in total. The van der Waals surface area contributed by atoms with Gasteiger partial charge >= 0.3 is 0 Å². The van der Waals surface area contributed by atoms with Crippen LogP contribution in [0.1, 0.15) is 38.1 Å². The fourth-order valence-electron chi connectivity index (χ4n) is 3.03. The first-order chi connectivity index (χ1) is 12.6. The van der Waals surface area contributed by atoms with Crippen LogP contribution in [0.25, 0.3) is 16.9 Å². The van der Waals surface area contributed by atoms with Gasteiger partial charge in [-0.1, -0.05) is 37.0 Å². The van der Waals surface area contributed by atoms with Gasteiger partial charge in [0, 0.05) is 18.0 Å². The second-order valence-corrected chi connectivity index (χ2v) is 6.28. The average molecular weight is 373 g/mol. The summed E-state index contributed by atoms with van der Waals surface area (Å²) >= 11 is 6.44. The molecule has 0 fully saturated rings. The first-order valence-corrected chi connectivity index (χ1v) is 8.93. The highest BCUT2D eigenvalue weighted by Gasteiger charge is 2.20. The Morgan fingerprint density at radius 2 is 2.15 bits per heavy atom. The number of methoxy groups -OCH3 is 1. The molecule has 0 saturated heterocycles. The first kappa shape index (κ1) is 18.2. The zero-order valence-electron chi connectivity index (χ0n) is 15.0. The van der Waals surface area contributed by atoms with Gasteiger partial charge in [0.25, 0.3) is 0 Å². The van der Waals surface area contributed by atoms with E-state index in [2.05, 4.69) is 10.1 Å². The summed E-state index contributed by atoms with van der Waals surface area (Å²) in [7, 11) is 1.60. The summed E-state index contributed by atoms with van der Waals surface area (Å²) in [6, 6.07) is 5.47. The van der Waals surface area contributed by atoms with E-state index >= 15 is 0 Å². The van der Waals surface area contributed by atoms with Crippen LogP contribution in [0.3, 0.4) is 0 Å². The molecule has 2 aromatic heterocycles. The smallest absolute Gasteiger partial charge is 0.164 e. The van der Waals surface area contributed by atoms with Gasteiger partial charge < -0.3 is 9.94 Å². The minimum absolute atomic E-state index is 0.539. The number of imidazole rings is 1. The van der Waals surface area contributed by atoms with E-state index in [1.165, 1.54) is 0 Å². The number of hydrogen-bond acceptors (Lipinski definition) is 5. The predicted octanol–water partition coefficient (Wildman–Crippen LogP) is 4.60. The van der Waals surface area contributed by atoms with Crippen LogP contribution < -0.4 is 4.74 Å². The van der Waals surface area contributed by atoms with Crippen molar-refractivity contribution in [3.05, 3.63) is 47.0 Å². The zero-order chi connectivity index (χ0) is 18.7. The molecule has 0 radical (unpaired) electrons. The van der Waals surface area contributed by atoms with Crippen LogP contribution in [-0.4, -0.2) is 32.4 Å². The monoisotopic (exact) mass is 372 g/mol. The maximum absolute atomic E-state index is 9.49. The lowest BCUT2D eigenvalue weighted by molar-refractivity contribution is 0.317. The van der Waals surface area contributed by atoms with Crippen molar-refractivity contribution >= 4 is 23.0 Å². The lowest BCUT2D eigenvalue weighted by Crippen LogP contribution is -2.08. The maximum atomic E-state index is 9.49. The number of nitrogens with zero attached hydrogens (tertiary/aromatic N) is 4. The Kier molecular flexibility index (Phi) is 5.42. The van der Waals surface area contributed by atoms with Crippen LogP contribution in [0.15, 0.2) is 35.7 Å². The Balaban J connectivity index is 2.25. The Bertz CT molecular complexity index is 966. The zero-order valence-corrected chi connectivity index (χ0v) is 15.8. The molecule has 3 aromatic rings. The lowest BCUT2D eigenvalue weighted by Gasteiger charge is -2.09. The van der Waals surface area contributed by atoms with E-state index in [1.807, 2.05) is 36.6 Å². The summed E-state index contributed by atoms with van der Waals surface area (Å²) in [5, 5.41) is 13.5. The van der Waals surface area contributed by atoms with Gasteiger partial charge in [0.1, 0.15) is 17.2 Å². The van der Waals surface area contributed by atoms with Crippen molar-refractivity contribution in [1.29, 1.82) is 0 Å². The van der Waals surface area contributed by atoms with Crippen LogP contribution in [0.4, 0.5) is 0 Å². The lowest BCUT2D eigenvalue weighted by atomic mass is 10.1. The highest BCUT2D eigenvalue weighted by molar-refractivity contribution is 6.33. The Morgan fingerprint density at radius 1 is 1.35 bits per heavy atom. The van der Waals surface area contributed by atoms with Gasteiger partial charge in [-0.25, -0.2) is 4.98 Å². The summed E-state index contributed by atoms with van der Waals surface area (Å²) in [6.07, 6.45) is 5.79. The highest BCUT2D eigenvalue weighted by Crippen LogP contribution is 2.33. The molecule has 0 aliphatic carbocycles. The maximum Gasteiger partial charge on any atom is 0.164 e. The van der Waals surface area contributed by atoms with E-state index in [-0.39, 0.29) is 0 Å². The fraction of sp³-hybridized carbons (Fsp3) is 0.316. The summed E-state index contributed by atoms with van der Waals surface area (Å²) in [6.45, 7) is 4.07. The van der Waals surface area contributed by atoms with Crippen LogP contribution in [0, 0.1) is 0 Å². The average Bonchev–Trinajstić information content (AvgIpc) is 3.04. The van der Waals surface area contributed by atoms with Gasteiger partial charge in [0.2, 0.25) is 0 Å². The molecule has 3 rings (SSSR count). The molecule has 0 aliphatic heterocycles. The number of rotatable bonds is 6. The van der Waals surface area contributed by atoms with Crippen molar-refractivity contribution in [3.63, 3.8) is 0 Å². The van der Waals surface area contributed by atoms with Crippen molar-refractivity contribution in [3.8, 4) is 17.0 Å². The summed E-state index contributed by atoms with van der Waals surface area (Å²) in [4.78, 5) is 9.26. The number of fused-ring (bicyclic) bond motifs is 1. The summed E-state index contributed by atoms with van der Waals surface area (Å²) < 4.78 is 7.14. The summed E-state index contributed by atoms with van der Waals surface area (Å²) in [5.74, 6) is 0.682. The van der Waals surface area contributed by atoms with Gasteiger partial charge in [-0.05, 0) is 31.0 Å². The van der Waals surface area contributed by atoms with Crippen LogP contribution in [0.5, 0.6) is 5.75 Å². The van der Waals surface area contributed by atoms with Crippen LogP contribution in [0.2, 0.25) is 5.02 Å². The molecule has 1 aromatic carbocycles. The number of oxime groups is 1. The SMILES string of the molecule is CCCC(=NO)c1c(CC)nc2c(-c3ccc(OC)cc3Cl)nccn12. The van der Waals surface area contributed by atoms with Crippen molar-refractivity contribution in [1.82, 2.24) is 14.4 Å². The third-order valence-electron chi connectivity index (χ3n) is 4.26. The van der Waals surface area contributed by atoms with Crippen molar-refractivity contribution < 1.29 is 9.94 Å². The summed E-state index contributed by atoms with van der Waals surface area (Å²) in [5.41, 5.74) is 4.44.